The summed E-state index contributed by atoms with van der Waals surface area (Å²) in [4.78, 5) is 14.7. The third-order valence-electron chi connectivity index (χ3n) is 2.48. The molecule has 116 valence electrons. The van der Waals surface area contributed by atoms with Gasteiger partial charge in [-0.25, -0.2) is 4.98 Å². The number of carbonyl (C=O) groups is 1. The lowest BCUT2D eigenvalue weighted by Crippen LogP contribution is -2.16. The van der Waals surface area contributed by atoms with Crippen LogP contribution in [-0.4, -0.2) is 10.9 Å². The summed E-state index contributed by atoms with van der Waals surface area (Å²) in [6.07, 6.45) is -4.15. The van der Waals surface area contributed by atoms with Crippen LogP contribution in [0.15, 0.2) is 30.5 Å². The molecule has 4 nitrogen and oxygen atoms in total. The van der Waals surface area contributed by atoms with Gasteiger partial charge in [-0.3, -0.25) is 4.79 Å². The summed E-state index contributed by atoms with van der Waals surface area (Å²) in [6, 6.07) is 4.67. The average Bonchev–Trinajstić information content (AvgIpc) is 2.35. The molecule has 22 heavy (non-hydrogen) atoms. The standard InChI is InChI=1S/C13H7Cl2F3N2O2/c14-7-2-8(15)4-9(3-7)22-10-1-6(13(16,17)18)5-20-11(10)12(19)21/h1-5H,(H2,19,21). The van der Waals surface area contributed by atoms with Crippen molar-refractivity contribution in [2.24, 2.45) is 5.73 Å². The van der Waals surface area contributed by atoms with E-state index >= 15 is 0 Å². The molecule has 0 atom stereocenters. The fraction of sp³-hybridized carbons (Fsp3) is 0.0769. The summed E-state index contributed by atoms with van der Waals surface area (Å²) < 4.78 is 43.4. The normalized spacial score (nSPS) is 11.3. The number of benzene rings is 1. The van der Waals surface area contributed by atoms with Crippen LogP contribution in [0.5, 0.6) is 11.5 Å². The van der Waals surface area contributed by atoms with E-state index in [9.17, 15) is 18.0 Å². The number of carbonyl (C=O) groups excluding carboxylic acids is 1. The Kier molecular flexibility index (Phi) is 4.48. The van der Waals surface area contributed by atoms with E-state index in [1.54, 1.807) is 0 Å². The monoisotopic (exact) mass is 350 g/mol. The second kappa shape index (κ2) is 6.02. The number of hydrogen-bond donors (Lipinski definition) is 1. The number of ether oxygens (including phenoxy) is 1. The lowest BCUT2D eigenvalue weighted by atomic mass is 10.2. The second-order valence-corrected chi connectivity index (χ2v) is 5.01. The van der Waals surface area contributed by atoms with Gasteiger partial charge in [0.15, 0.2) is 11.4 Å². The lowest BCUT2D eigenvalue weighted by molar-refractivity contribution is -0.137. The maximum absolute atomic E-state index is 12.7. The van der Waals surface area contributed by atoms with Gasteiger partial charge in [0.05, 0.1) is 5.56 Å². The number of alkyl halides is 3. The quantitative estimate of drug-likeness (QED) is 0.897. The molecule has 1 amide bonds. The molecule has 0 aliphatic rings. The predicted octanol–water partition coefficient (Wildman–Crippen LogP) is 4.30. The Bertz CT molecular complexity index is 715. The van der Waals surface area contributed by atoms with Crippen molar-refractivity contribution in [3.05, 3.63) is 51.8 Å². The van der Waals surface area contributed by atoms with Crippen LogP contribution < -0.4 is 10.5 Å². The fourth-order valence-corrected chi connectivity index (χ4v) is 2.08. The zero-order valence-electron chi connectivity index (χ0n) is 10.6. The summed E-state index contributed by atoms with van der Waals surface area (Å²) in [7, 11) is 0. The van der Waals surface area contributed by atoms with E-state index in [0.717, 1.165) is 0 Å². The number of nitrogens with zero attached hydrogens (tertiary/aromatic N) is 1. The van der Waals surface area contributed by atoms with Gasteiger partial charge in [0.2, 0.25) is 0 Å². The number of amides is 1. The summed E-state index contributed by atoms with van der Waals surface area (Å²) in [5, 5.41) is 0.422. The Morgan fingerprint density at radius 3 is 2.23 bits per heavy atom. The first-order chi connectivity index (χ1) is 10.2. The number of hydrogen-bond acceptors (Lipinski definition) is 3. The van der Waals surface area contributed by atoms with Gasteiger partial charge in [-0.15, -0.1) is 0 Å². The van der Waals surface area contributed by atoms with E-state index in [0.29, 0.717) is 12.3 Å². The third kappa shape index (κ3) is 3.80. The zero-order chi connectivity index (χ0) is 16.5. The second-order valence-electron chi connectivity index (χ2n) is 4.14. The van der Waals surface area contributed by atoms with Gasteiger partial charge in [-0.05, 0) is 24.3 Å². The molecule has 0 saturated heterocycles. The predicted molar refractivity (Wildman–Crippen MR) is 74.3 cm³/mol. The maximum atomic E-state index is 12.7. The molecule has 0 aliphatic carbocycles. The summed E-state index contributed by atoms with van der Waals surface area (Å²) in [5.41, 5.74) is 3.55. The number of rotatable bonds is 3. The van der Waals surface area contributed by atoms with Gasteiger partial charge in [-0.2, -0.15) is 13.2 Å². The number of primary amides is 1. The lowest BCUT2D eigenvalue weighted by Gasteiger charge is -2.12. The van der Waals surface area contributed by atoms with Crippen molar-refractivity contribution < 1.29 is 22.7 Å². The number of halogens is 5. The number of nitrogens with two attached hydrogens (primary N) is 1. The summed E-state index contributed by atoms with van der Waals surface area (Å²) in [6.45, 7) is 0. The highest BCUT2D eigenvalue weighted by atomic mass is 35.5. The minimum atomic E-state index is -4.65. The molecule has 1 heterocycles. The van der Waals surface area contributed by atoms with Crippen molar-refractivity contribution in [3.63, 3.8) is 0 Å². The van der Waals surface area contributed by atoms with E-state index in [1.165, 1.54) is 18.2 Å². The smallest absolute Gasteiger partial charge is 0.418 e. The molecular formula is C13H7Cl2F3N2O2. The minimum absolute atomic E-state index is 0.0427. The maximum Gasteiger partial charge on any atom is 0.418 e. The van der Waals surface area contributed by atoms with Crippen LogP contribution in [0, 0.1) is 0 Å². The number of pyridine rings is 1. The van der Waals surface area contributed by atoms with Crippen LogP contribution in [0.1, 0.15) is 16.1 Å². The van der Waals surface area contributed by atoms with Crippen LogP contribution >= 0.6 is 23.2 Å². The Labute approximate surface area is 132 Å². The van der Waals surface area contributed by atoms with Crippen molar-refractivity contribution in [1.29, 1.82) is 0 Å². The van der Waals surface area contributed by atoms with Gasteiger partial charge in [0, 0.05) is 16.2 Å². The van der Waals surface area contributed by atoms with E-state index < -0.39 is 29.1 Å². The molecule has 9 heteroatoms. The van der Waals surface area contributed by atoms with Gasteiger partial charge >= 0.3 is 6.18 Å². The molecule has 0 radical (unpaired) electrons. The first-order valence-corrected chi connectivity index (χ1v) is 6.43. The summed E-state index contributed by atoms with van der Waals surface area (Å²) in [5.74, 6) is -1.43. The van der Waals surface area contributed by atoms with Crippen molar-refractivity contribution >= 4 is 29.1 Å². The fourth-order valence-electron chi connectivity index (χ4n) is 1.58. The Hall–Kier alpha value is -1.99. The van der Waals surface area contributed by atoms with E-state index in [1.807, 2.05) is 0 Å². The first-order valence-electron chi connectivity index (χ1n) is 5.68. The van der Waals surface area contributed by atoms with Crippen molar-refractivity contribution in [2.45, 2.75) is 6.18 Å². The van der Waals surface area contributed by atoms with Crippen LogP contribution in [0.25, 0.3) is 0 Å². The third-order valence-corrected chi connectivity index (χ3v) is 2.91. The van der Waals surface area contributed by atoms with Crippen LogP contribution in [0.3, 0.4) is 0 Å². The molecule has 0 bridgehead atoms. The highest BCUT2D eigenvalue weighted by Crippen LogP contribution is 2.34. The molecule has 1 aromatic heterocycles. The molecule has 2 aromatic rings. The first kappa shape index (κ1) is 16.4. The molecule has 0 saturated carbocycles. The Morgan fingerprint density at radius 2 is 1.73 bits per heavy atom. The zero-order valence-corrected chi connectivity index (χ0v) is 12.1. The molecule has 0 unspecified atom stereocenters. The van der Waals surface area contributed by atoms with Crippen molar-refractivity contribution in [3.8, 4) is 11.5 Å². The SMILES string of the molecule is NC(=O)c1ncc(C(F)(F)F)cc1Oc1cc(Cl)cc(Cl)c1. The van der Waals surface area contributed by atoms with Crippen molar-refractivity contribution in [2.75, 3.05) is 0 Å². The van der Waals surface area contributed by atoms with Gasteiger partial charge in [-0.1, -0.05) is 23.2 Å². The Morgan fingerprint density at radius 1 is 1.14 bits per heavy atom. The van der Waals surface area contributed by atoms with E-state index in [-0.39, 0.29) is 15.8 Å². The van der Waals surface area contributed by atoms with Gasteiger partial charge in [0.1, 0.15) is 5.75 Å². The van der Waals surface area contributed by atoms with Crippen LogP contribution in [0.4, 0.5) is 13.2 Å². The van der Waals surface area contributed by atoms with Gasteiger partial charge in [0.25, 0.3) is 5.91 Å². The van der Waals surface area contributed by atoms with E-state index in [4.69, 9.17) is 33.7 Å². The van der Waals surface area contributed by atoms with Gasteiger partial charge < -0.3 is 10.5 Å². The molecule has 2 N–H and O–H groups in total. The molecule has 0 aliphatic heterocycles. The van der Waals surface area contributed by atoms with Crippen LogP contribution in [0.2, 0.25) is 10.0 Å². The topological polar surface area (TPSA) is 65.2 Å². The number of aromatic nitrogens is 1. The van der Waals surface area contributed by atoms with E-state index in [2.05, 4.69) is 4.98 Å². The molecular weight excluding hydrogens is 344 g/mol. The Balaban J connectivity index is 2.49. The summed E-state index contributed by atoms with van der Waals surface area (Å²) >= 11 is 11.5. The largest absolute Gasteiger partial charge is 0.455 e. The molecule has 1 aromatic carbocycles. The average molecular weight is 351 g/mol. The highest BCUT2D eigenvalue weighted by Gasteiger charge is 2.32. The van der Waals surface area contributed by atoms with Crippen LogP contribution in [-0.2, 0) is 6.18 Å². The molecule has 0 spiro atoms. The molecule has 2 rings (SSSR count). The highest BCUT2D eigenvalue weighted by molar-refractivity contribution is 6.34. The minimum Gasteiger partial charge on any atom is -0.455 e. The molecule has 0 fully saturated rings. The van der Waals surface area contributed by atoms with Crippen molar-refractivity contribution in [1.82, 2.24) is 4.98 Å².